The Labute approximate surface area is 135 Å². The Hall–Kier alpha value is -0.610. The zero-order chi connectivity index (χ0) is 15.5. The molecular formula is C18H33N3O. The van der Waals surface area contributed by atoms with E-state index in [1.807, 2.05) is 13.8 Å². The standard InChI is InChI=1S/C18H33N3O/c1-14(2)18(22)19-16-5-7-17(8-6-16)21-11-9-20(10-12-21)13-15-3-4-15/h14-17H,3-13H2,1-2H3,(H,19,22). The number of carbonyl (C=O) groups excluding carboxylic acids is 1. The summed E-state index contributed by atoms with van der Waals surface area (Å²) in [5, 5.41) is 3.21. The van der Waals surface area contributed by atoms with Gasteiger partial charge in [-0.25, -0.2) is 0 Å². The summed E-state index contributed by atoms with van der Waals surface area (Å²) in [4.78, 5) is 17.2. The van der Waals surface area contributed by atoms with Crippen molar-refractivity contribution in [3.8, 4) is 0 Å². The van der Waals surface area contributed by atoms with Gasteiger partial charge >= 0.3 is 0 Å². The maximum Gasteiger partial charge on any atom is 0.222 e. The second-order valence-electron chi connectivity index (χ2n) is 7.95. The van der Waals surface area contributed by atoms with Gasteiger partial charge in [0.25, 0.3) is 0 Å². The second kappa shape index (κ2) is 7.31. The lowest BCUT2D eigenvalue weighted by molar-refractivity contribution is -0.125. The number of nitrogens with one attached hydrogen (secondary N) is 1. The van der Waals surface area contributed by atoms with Crippen LogP contribution in [-0.4, -0.2) is 60.5 Å². The van der Waals surface area contributed by atoms with E-state index in [-0.39, 0.29) is 11.8 Å². The van der Waals surface area contributed by atoms with E-state index >= 15 is 0 Å². The van der Waals surface area contributed by atoms with Crippen molar-refractivity contribution in [2.24, 2.45) is 11.8 Å². The average Bonchev–Trinajstić information content (AvgIpc) is 3.33. The molecule has 1 N–H and O–H groups in total. The van der Waals surface area contributed by atoms with Crippen LogP contribution in [0.2, 0.25) is 0 Å². The van der Waals surface area contributed by atoms with Gasteiger partial charge in [0.05, 0.1) is 0 Å². The molecule has 2 saturated carbocycles. The van der Waals surface area contributed by atoms with Gasteiger partial charge in [-0.2, -0.15) is 0 Å². The molecule has 3 fully saturated rings. The van der Waals surface area contributed by atoms with Gasteiger partial charge in [0.2, 0.25) is 5.91 Å². The first-order valence-corrected chi connectivity index (χ1v) is 9.38. The van der Waals surface area contributed by atoms with Crippen LogP contribution >= 0.6 is 0 Å². The first kappa shape index (κ1) is 16.3. The van der Waals surface area contributed by atoms with Gasteiger partial charge in [0.15, 0.2) is 0 Å². The Bertz CT molecular complexity index is 365. The third-order valence-corrected chi connectivity index (χ3v) is 5.70. The van der Waals surface area contributed by atoms with Crippen molar-refractivity contribution >= 4 is 5.91 Å². The van der Waals surface area contributed by atoms with Crippen LogP contribution in [0, 0.1) is 11.8 Å². The van der Waals surface area contributed by atoms with Crippen molar-refractivity contribution in [1.82, 2.24) is 15.1 Å². The Balaban J connectivity index is 1.36. The molecule has 1 aliphatic heterocycles. The van der Waals surface area contributed by atoms with Gasteiger partial charge in [-0.15, -0.1) is 0 Å². The molecule has 3 aliphatic rings. The van der Waals surface area contributed by atoms with E-state index in [1.54, 1.807) is 0 Å². The maximum absolute atomic E-state index is 11.8. The van der Waals surface area contributed by atoms with Crippen molar-refractivity contribution in [2.45, 2.75) is 64.5 Å². The zero-order valence-corrected chi connectivity index (χ0v) is 14.4. The summed E-state index contributed by atoms with van der Waals surface area (Å²) in [7, 11) is 0. The van der Waals surface area contributed by atoms with Gasteiger partial charge in [-0.3, -0.25) is 9.69 Å². The predicted molar refractivity (Wildman–Crippen MR) is 89.8 cm³/mol. The minimum atomic E-state index is 0.109. The number of nitrogens with zero attached hydrogens (tertiary/aromatic N) is 2. The fourth-order valence-corrected chi connectivity index (χ4v) is 3.93. The molecule has 0 bridgehead atoms. The average molecular weight is 307 g/mol. The van der Waals surface area contributed by atoms with Crippen LogP contribution in [0.3, 0.4) is 0 Å². The smallest absolute Gasteiger partial charge is 0.222 e. The summed E-state index contributed by atoms with van der Waals surface area (Å²) in [5.74, 6) is 1.35. The lowest BCUT2D eigenvalue weighted by Gasteiger charge is -2.42. The molecule has 2 aliphatic carbocycles. The summed E-state index contributed by atoms with van der Waals surface area (Å²) >= 11 is 0. The van der Waals surface area contributed by atoms with E-state index in [1.165, 1.54) is 58.4 Å². The van der Waals surface area contributed by atoms with Crippen LogP contribution < -0.4 is 5.32 Å². The zero-order valence-electron chi connectivity index (χ0n) is 14.4. The number of amides is 1. The predicted octanol–water partition coefficient (Wildman–Crippen LogP) is 2.10. The summed E-state index contributed by atoms with van der Waals surface area (Å²) in [6, 6.07) is 1.18. The monoisotopic (exact) mass is 307 g/mol. The quantitative estimate of drug-likeness (QED) is 0.845. The lowest BCUT2D eigenvalue weighted by Crippen LogP contribution is -2.52. The fourth-order valence-electron chi connectivity index (χ4n) is 3.93. The van der Waals surface area contributed by atoms with Crippen molar-refractivity contribution in [1.29, 1.82) is 0 Å². The highest BCUT2D eigenvalue weighted by atomic mass is 16.1. The molecule has 0 aromatic heterocycles. The van der Waals surface area contributed by atoms with E-state index in [9.17, 15) is 4.79 Å². The SMILES string of the molecule is CC(C)C(=O)NC1CCC(N2CCN(CC3CC3)CC2)CC1. The fraction of sp³-hybridized carbons (Fsp3) is 0.944. The van der Waals surface area contributed by atoms with Gasteiger partial charge in [0.1, 0.15) is 0 Å². The largest absolute Gasteiger partial charge is 0.353 e. The van der Waals surface area contributed by atoms with Crippen molar-refractivity contribution in [3.63, 3.8) is 0 Å². The number of piperazine rings is 1. The molecule has 0 unspecified atom stereocenters. The summed E-state index contributed by atoms with van der Waals surface area (Å²) < 4.78 is 0. The van der Waals surface area contributed by atoms with Crippen LogP contribution in [0.25, 0.3) is 0 Å². The summed E-state index contributed by atoms with van der Waals surface area (Å²) in [5.41, 5.74) is 0. The Morgan fingerprint density at radius 3 is 2.18 bits per heavy atom. The first-order valence-electron chi connectivity index (χ1n) is 9.38. The Kier molecular flexibility index (Phi) is 5.40. The van der Waals surface area contributed by atoms with Crippen molar-refractivity contribution in [3.05, 3.63) is 0 Å². The lowest BCUT2D eigenvalue weighted by atomic mass is 9.89. The molecule has 126 valence electrons. The Morgan fingerprint density at radius 1 is 1.00 bits per heavy atom. The number of rotatable bonds is 5. The van der Waals surface area contributed by atoms with E-state index in [0.29, 0.717) is 6.04 Å². The molecule has 0 spiro atoms. The molecule has 0 aromatic carbocycles. The molecule has 1 amide bonds. The molecule has 4 heteroatoms. The highest BCUT2D eigenvalue weighted by molar-refractivity contribution is 5.78. The number of hydrogen-bond donors (Lipinski definition) is 1. The van der Waals surface area contributed by atoms with Crippen LogP contribution in [0.15, 0.2) is 0 Å². The highest BCUT2D eigenvalue weighted by Gasteiger charge is 2.31. The molecule has 3 rings (SSSR count). The minimum absolute atomic E-state index is 0.109. The number of hydrogen-bond acceptors (Lipinski definition) is 3. The van der Waals surface area contributed by atoms with E-state index in [2.05, 4.69) is 15.1 Å². The van der Waals surface area contributed by atoms with E-state index < -0.39 is 0 Å². The van der Waals surface area contributed by atoms with E-state index in [0.717, 1.165) is 24.8 Å². The van der Waals surface area contributed by atoms with Crippen molar-refractivity contribution < 1.29 is 4.79 Å². The molecular weight excluding hydrogens is 274 g/mol. The summed E-state index contributed by atoms with van der Waals surface area (Å²) in [6.07, 6.45) is 7.76. The van der Waals surface area contributed by atoms with Gasteiger partial charge in [-0.05, 0) is 44.4 Å². The first-order chi connectivity index (χ1) is 10.6. The van der Waals surface area contributed by atoms with Crippen LogP contribution in [0.4, 0.5) is 0 Å². The normalized spacial score (nSPS) is 31.4. The van der Waals surface area contributed by atoms with Crippen LogP contribution in [-0.2, 0) is 4.79 Å². The third kappa shape index (κ3) is 4.45. The maximum atomic E-state index is 11.8. The second-order valence-corrected chi connectivity index (χ2v) is 7.95. The topological polar surface area (TPSA) is 35.6 Å². The molecule has 0 atom stereocenters. The Morgan fingerprint density at radius 2 is 1.64 bits per heavy atom. The molecule has 22 heavy (non-hydrogen) atoms. The van der Waals surface area contributed by atoms with E-state index in [4.69, 9.17) is 0 Å². The van der Waals surface area contributed by atoms with Crippen molar-refractivity contribution in [2.75, 3.05) is 32.7 Å². The molecule has 0 aromatic rings. The van der Waals surface area contributed by atoms with Gasteiger partial charge < -0.3 is 10.2 Å². The van der Waals surface area contributed by atoms with Crippen LogP contribution in [0.5, 0.6) is 0 Å². The molecule has 4 nitrogen and oxygen atoms in total. The third-order valence-electron chi connectivity index (χ3n) is 5.70. The molecule has 0 radical (unpaired) electrons. The molecule has 1 heterocycles. The van der Waals surface area contributed by atoms with Gasteiger partial charge in [-0.1, -0.05) is 13.8 Å². The number of carbonyl (C=O) groups is 1. The highest BCUT2D eigenvalue weighted by Crippen LogP contribution is 2.30. The van der Waals surface area contributed by atoms with Crippen LogP contribution in [0.1, 0.15) is 52.4 Å². The summed E-state index contributed by atoms with van der Waals surface area (Å²) in [6.45, 7) is 10.3. The minimum Gasteiger partial charge on any atom is -0.353 e. The molecule has 1 saturated heterocycles. The van der Waals surface area contributed by atoms with Gasteiger partial charge in [0, 0.05) is 50.7 Å².